The van der Waals surface area contributed by atoms with E-state index in [9.17, 15) is 15.0 Å². The van der Waals surface area contributed by atoms with E-state index >= 15 is 0 Å². The van der Waals surface area contributed by atoms with Crippen LogP contribution in [-0.4, -0.2) is 50.7 Å². The van der Waals surface area contributed by atoms with Gasteiger partial charge in [0.15, 0.2) is 0 Å². The largest absolute Gasteiger partial charge is 0.392 e. The standard InChI is InChI=1S/C25H39NO3S/c1-3-4-9-25(2,29)10-7-8-21-22-15-18(13-19(22)16-23(21)27)14-20(30)17-24(28)26-11-5-6-12-26/h7-8,13,19,21-23,27,29H,3-6,9-12,14-17H2,1-2H3/t19-,21+,22-,23+,25-/m0/s1. The van der Waals surface area contributed by atoms with Crippen LogP contribution >= 0.6 is 12.2 Å². The molecule has 0 aromatic carbocycles. The minimum atomic E-state index is -0.664. The van der Waals surface area contributed by atoms with Crippen LogP contribution < -0.4 is 0 Å². The summed E-state index contributed by atoms with van der Waals surface area (Å²) >= 11 is 5.55. The summed E-state index contributed by atoms with van der Waals surface area (Å²) in [6, 6.07) is 0. The first-order valence-electron chi connectivity index (χ1n) is 11.8. The molecule has 168 valence electrons. The van der Waals surface area contributed by atoms with Crippen molar-refractivity contribution in [2.24, 2.45) is 17.8 Å². The number of aliphatic hydroxyl groups is 2. The molecule has 2 fully saturated rings. The molecule has 1 amide bonds. The Bertz CT molecular complexity index is 678. The fourth-order valence-corrected chi connectivity index (χ4v) is 5.75. The van der Waals surface area contributed by atoms with Crippen molar-refractivity contribution in [1.82, 2.24) is 4.90 Å². The SMILES string of the molecule is CCCC[C@](C)(O)CC=C[C@@H]1[C@H]2CC(CC(=S)CC(=O)N3CCCC3)=C[C@H]2C[C@H]1O. The zero-order valence-electron chi connectivity index (χ0n) is 18.7. The van der Waals surface area contributed by atoms with Gasteiger partial charge in [0.25, 0.3) is 0 Å². The van der Waals surface area contributed by atoms with Gasteiger partial charge < -0.3 is 15.1 Å². The topological polar surface area (TPSA) is 60.8 Å². The molecule has 1 saturated heterocycles. The van der Waals surface area contributed by atoms with Gasteiger partial charge in [-0.2, -0.15) is 0 Å². The third-order valence-corrected chi connectivity index (χ3v) is 7.45. The summed E-state index contributed by atoms with van der Waals surface area (Å²) in [4.78, 5) is 15.1. The van der Waals surface area contributed by atoms with E-state index in [0.717, 1.165) is 69.3 Å². The summed E-state index contributed by atoms with van der Waals surface area (Å²) in [5, 5.41) is 21.1. The molecule has 3 rings (SSSR count). The number of rotatable bonds is 10. The lowest BCUT2D eigenvalue weighted by atomic mass is 9.87. The first-order valence-corrected chi connectivity index (χ1v) is 12.3. The molecule has 30 heavy (non-hydrogen) atoms. The summed E-state index contributed by atoms with van der Waals surface area (Å²) in [6.45, 7) is 5.80. The maximum atomic E-state index is 12.3. The van der Waals surface area contributed by atoms with Crippen molar-refractivity contribution in [3.05, 3.63) is 23.8 Å². The molecule has 0 aromatic rings. The second kappa shape index (κ2) is 10.5. The quantitative estimate of drug-likeness (QED) is 0.391. The van der Waals surface area contributed by atoms with Gasteiger partial charge in [0, 0.05) is 30.3 Å². The summed E-state index contributed by atoms with van der Waals surface area (Å²) < 4.78 is 0. The molecule has 0 aromatic heterocycles. The number of unbranched alkanes of at least 4 members (excludes halogenated alkanes) is 1. The molecule has 0 bridgehead atoms. The highest BCUT2D eigenvalue weighted by atomic mass is 32.1. The lowest BCUT2D eigenvalue weighted by Crippen LogP contribution is -2.29. The van der Waals surface area contributed by atoms with Crippen molar-refractivity contribution in [2.75, 3.05) is 13.1 Å². The molecule has 1 aliphatic heterocycles. The molecule has 1 saturated carbocycles. The Balaban J connectivity index is 1.49. The van der Waals surface area contributed by atoms with Gasteiger partial charge >= 0.3 is 0 Å². The van der Waals surface area contributed by atoms with Crippen LogP contribution in [0.2, 0.25) is 0 Å². The zero-order valence-corrected chi connectivity index (χ0v) is 19.5. The van der Waals surface area contributed by atoms with Crippen LogP contribution in [0, 0.1) is 17.8 Å². The third-order valence-electron chi connectivity index (χ3n) is 7.17. The summed E-state index contributed by atoms with van der Waals surface area (Å²) in [6.07, 6.45) is 14.9. The van der Waals surface area contributed by atoms with Crippen molar-refractivity contribution in [3.63, 3.8) is 0 Å². The van der Waals surface area contributed by atoms with E-state index in [4.69, 9.17) is 12.2 Å². The normalized spacial score (nSPS) is 30.5. The first-order chi connectivity index (χ1) is 14.3. The van der Waals surface area contributed by atoms with Gasteiger partial charge in [0.1, 0.15) is 0 Å². The number of aliphatic hydroxyl groups excluding tert-OH is 1. The number of nitrogens with zero attached hydrogens (tertiary/aromatic N) is 1. The van der Waals surface area contributed by atoms with Crippen molar-refractivity contribution in [2.45, 2.75) is 89.8 Å². The number of carbonyl (C=O) groups excluding carboxylic acids is 1. The number of thiocarbonyl (C=S) groups is 1. The smallest absolute Gasteiger partial charge is 0.227 e. The summed E-state index contributed by atoms with van der Waals surface area (Å²) in [5.41, 5.74) is 0.673. The van der Waals surface area contributed by atoms with Crippen LogP contribution in [0.3, 0.4) is 0 Å². The molecule has 5 atom stereocenters. The highest BCUT2D eigenvalue weighted by molar-refractivity contribution is 7.80. The van der Waals surface area contributed by atoms with Gasteiger partial charge in [-0.05, 0) is 57.3 Å². The molecular formula is C25H39NO3S. The molecule has 0 radical (unpaired) electrons. The van der Waals surface area contributed by atoms with Crippen LogP contribution in [0.25, 0.3) is 0 Å². The number of carbonyl (C=O) groups is 1. The molecule has 3 aliphatic rings. The Morgan fingerprint density at radius 1 is 1.37 bits per heavy atom. The van der Waals surface area contributed by atoms with E-state index in [1.165, 1.54) is 5.57 Å². The monoisotopic (exact) mass is 433 g/mol. The molecule has 5 heteroatoms. The fraction of sp³-hybridized carbons (Fsp3) is 0.760. The molecule has 1 heterocycles. The van der Waals surface area contributed by atoms with Crippen molar-refractivity contribution in [3.8, 4) is 0 Å². The Labute approximate surface area is 187 Å². The molecular weight excluding hydrogens is 394 g/mol. The predicted molar refractivity (Wildman–Crippen MR) is 125 cm³/mol. The number of hydrogen-bond donors (Lipinski definition) is 2. The maximum Gasteiger partial charge on any atom is 0.227 e. The first kappa shape index (κ1) is 23.6. The predicted octanol–water partition coefficient (Wildman–Crippen LogP) is 4.59. The van der Waals surface area contributed by atoms with Gasteiger partial charge in [-0.1, -0.05) is 55.8 Å². The van der Waals surface area contributed by atoms with Crippen LogP contribution in [0.15, 0.2) is 23.8 Å². The zero-order chi connectivity index (χ0) is 21.7. The van der Waals surface area contributed by atoms with E-state index in [1.807, 2.05) is 11.8 Å². The Kier molecular flexibility index (Phi) is 8.28. The van der Waals surface area contributed by atoms with Gasteiger partial charge in [-0.15, -0.1) is 0 Å². The van der Waals surface area contributed by atoms with Gasteiger partial charge in [0.05, 0.1) is 18.1 Å². The number of hydrogen-bond acceptors (Lipinski definition) is 4. The number of likely N-dealkylation sites (tertiary alicyclic amines) is 1. The van der Waals surface area contributed by atoms with E-state index in [2.05, 4.69) is 25.2 Å². The average molecular weight is 434 g/mol. The Hall–Kier alpha value is -1.04. The van der Waals surface area contributed by atoms with Gasteiger partial charge in [-0.3, -0.25) is 4.79 Å². The maximum absolute atomic E-state index is 12.3. The van der Waals surface area contributed by atoms with Crippen LogP contribution in [0.5, 0.6) is 0 Å². The highest BCUT2D eigenvalue weighted by Crippen LogP contribution is 2.48. The van der Waals surface area contributed by atoms with Crippen molar-refractivity contribution < 1.29 is 15.0 Å². The molecule has 2 N–H and O–H groups in total. The third kappa shape index (κ3) is 6.24. The minimum absolute atomic E-state index is 0.144. The average Bonchev–Trinajstić information content (AvgIpc) is 3.38. The van der Waals surface area contributed by atoms with Crippen molar-refractivity contribution in [1.29, 1.82) is 0 Å². The molecule has 0 spiro atoms. The molecule has 2 aliphatic carbocycles. The van der Waals surface area contributed by atoms with Gasteiger partial charge in [0.2, 0.25) is 5.91 Å². The Morgan fingerprint density at radius 2 is 2.10 bits per heavy atom. The molecule has 4 nitrogen and oxygen atoms in total. The number of allylic oxidation sites excluding steroid dienone is 2. The lowest BCUT2D eigenvalue weighted by molar-refractivity contribution is -0.128. The minimum Gasteiger partial charge on any atom is -0.392 e. The number of fused-ring (bicyclic) bond motifs is 1. The van der Waals surface area contributed by atoms with E-state index in [-0.39, 0.29) is 17.9 Å². The van der Waals surface area contributed by atoms with Crippen LogP contribution in [-0.2, 0) is 4.79 Å². The summed E-state index contributed by atoms with van der Waals surface area (Å²) in [5.74, 6) is 1.15. The van der Waals surface area contributed by atoms with Crippen LogP contribution in [0.4, 0.5) is 0 Å². The van der Waals surface area contributed by atoms with E-state index < -0.39 is 5.60 Å². The van der Waals surface area contributed by atoms with E-state index in [1.54, 1.807) is 0 Å². The summed E-state index contributed by atoms with van der Waals surface area (Å²) in [7, 11) is 0. The second-order valence-corrected chi connectivity index (χ2v) is 10.5. The molecule has 0 unspecified atom stereocenters. The van der Waals surface area contributed by atoms with Gasteiger partial charge in [-0.25, -0.2) is 0 Å². The highest BCUT2D eigenvalue weighted by Gasteiger charge is 2.43. The lowest BCUT2D eigenvalue weighted by Gasteiger charge is -2.22. The Morgan fingerprint density at radius 3 is 2.80 bits per heavy atom. The van der Waals surface area contributed by atoms with E-state index in [0.29, 0.717) is 24.7 Å². The van der Waals surface area contributed by atoms with Crippen molar-refractivity contribution >= 4 is 23.0 Å². The second-order valence-electron chi connectivity index (χ2n) is 9.95. The fourth-order valence-electron chi connectivity index (χ4n) is 5.44. The van der Waals surface area contributed by atoms with Crippen LogP contribution in [0.1, 0.15) is 78.1 Å². The number of amides is 1.